The van der Waals surface area contributed by atoms with E-state index in [2.05, 4.69) is 34.4 Å². The summed E-state index contributed by atoms with van der Waals surface area (Å²) in [6, 6.07) is 0. The number of thioether (sulfide) groups is 1. The maximum atomic E-state index is 12.7. The van der Waals surface area contributed by atoms with Crippen molar-refractivity contribution >= 4 is 74.9 Å². The third-order valence-electron chi connectivity index (χ3n) is 7.53. The molecule has 1 fully saturated rings. The Balaban J connectivity index is 1.47. The van der Waals surface area contributed by atoms with Crippen LogP contribution in [0, 0.1) is 5.41 Å². The van der Waals surface area contributed by atoms with Crippen molar-refractivity contribution in [3.63, 3.8) is 0 Å². The number of phosphoric ester groups is 3. The SMILES string of the molecule is CC(C)=CC(=O)CC(=O)SCCNC(=O)CCNC(=O)[C@H](O)C(C)(C)COP(=O)(O)OP(=O)(O)OC[C@H]1O[C@@H](n2cnc3c(N)ncnc32)[C@H](O)[C@@H]1OP(=O)(O)O. The normalized spacial score (nSPS) is 21.3. The Hall–Kier alpha value is -3.03. The van der Waals surface area contributed by atoms with Gasteiger partial charge in [0.1, 0.15) is 36.3 Å². The predicted molar refractivity (Wildman–Crippen MR) is 196 cm³/mol. The molecule has 0 radical (unpaired) electrons. The van der Waals surface area contributed by atoms with E-state index in [1.165, 1.54) is 19.9 Å². The molecule has 7 atom stereocenters. The molecule has 0 saturated carbocycles. The van der Waals surface area contributed by atoms with Crippen LogP contribution in [0.25, 0.3) is 11.2 Å². The number of ketones is 1. The maximum Gasteiger partial charge on any atom is 0.481 e. The van der Waals surface area contributed by atoms with Gasteiger partial charge in [-0.1, -0.05) is 31.2 Å². The smallest absolute Gasteiger partial charge is 0.386 e. The van der Waals surface area contributed by atoms with Gasteiger partial charge < -0.3 is 50.9 Å². The molecule has 3 rings (SSSR count). The van der Waals surface area contributed by atoms with E-state index >= 15 is 0 Å². The number of amides is 2. The molecule has 29 heteroatoms. The van der Waals surface area contributed by atoms with Gasteiger partial charge in [-0.15, -0.1) is 0 Å². The lowest BCUT2D eigenvalue weighted by Crippen LogP contribution is -2.46. The lowest BCUT2D eigenvalue weighted by Gasteiger charge is -2.30. The van der Waals surface area contributed by atoms with Crippen molar-refractivity contribution in [3.8, 4) is 0 Å². The highest BCUT2D eigenvalue weighted by Gasteiger charge is 2.50. The molecule has 2 aromatic rings. The van der Waals surface area contributed by atoms with Crippen LogP contribution in [0.2, 0.25) is 0 Å². The van der Waals surface area contributed by atoms with Crippen LogP contribution in [0.15, 0.2) is 24.3 Å². The number of nitrogens with zero attached hydrogens (tertiary/aromatic N) is 4. The van der Waals surface area contributed by atoms with Gasteiger partial charge in [0.2, 0.25) is 11.8 Å². The molecule has 10 N–H and O–H groups in total. The Morgan fingerprint density at radius 2 is 1.72 bits per heavy atom. The lowest BCUT2D eigenvalue weighted by molar-refractivity contribution is -0.137. The number of nitrogens with two attached hydrogens (primary N) is 1. The third-order valence-corrected chi connectivity index (χ3v) is 11.5. The summed E-state index contributed by atoms with van der Waals surface area (Å²) in [7, 11) is -16.4. The zero-order chi connectivity index (χ0) is 42.9. The number of hydrogen-bond acceptors (Lipinski definition) is 19. The number of aromatic nitrogens is 4. The fourth-order valence-electron chi connectivity index (χ4n) is 4.86. The summed E-state index contributed by atoms with van der Waals surface area (Å²) in [5.41, 5.74) is 4.98. The van der Waals surface area contributed by atoms with E-state index in [4.69, 9.17) is 19.5 Å². The molecular formula is C28H44N7O18P3S. The predicted octanol–water partition coefficient (Wildman–Crippen LogP) is -0.410. The van der Waals surface area contributed by atoms with E-state index in [-0.39, 0.29) is 59.6 Å². The van der Waals surface area contributed by atoms with Gasteiger partial charge in [-0.25, -0.2) is 28.6 Å². The molecule has 3 heterocycles. The van der Waals surface area contributed by atoms with E-state index in [1.54, 1.807) is 13.8 Å². The molecule has 1 aliphatic rings. The number of nitrogens with one attached hydrogen (secondary N) is 2. The Morgan fingerprint density at radius 1 is 1.05 bits per heavy atom. The molecule has 0 aliphatic carbocycles. The van der Waals surface area contributed by atoms with Gasteiger partial charge in [-0.2, -0.15) is 4.31 Å². The second-order valence-corrected chi connectivity index (χ2v) is 18.5. The number of nitrogen functional groups attached to an aromatic ring is 1. The Morgan fingerprint density at radius 3 is 2.37 bits per heavy atom. The van der Waals surface area contributed by atoms with Crippen LogP contribution >= 0.6 is 35.2 Å². The van der Waals surface area contributed by atoms with Crippen LogP contribution in [-0.2, 0) is 55.5 Å². The van der Waals surface area contributed by atoms with Crippen LogP contribution in [0.4, 0.5) is 5.82 Å². The number of hydrogen-bond donors (Lipinski definition) is 9. The quantitative estimate of drug-likeness (QED) is 0.0314. The Kier molecular flexibility index (Phi) is 17.2. The van der Waals surface area contributed by atoms with Gasteiger partial charge >= 0.3 is 23.5 Å². The van der Waals surface area contributed by atoms with Gasteiger partial charge in [0.25, 0.3) is 0 Å². The number of carbonyl (C=O) groups is 4. The van der Waals surface area contributed by atoms with Crippen LogP contribution in [-0.4, -0.2) is 128 Å². The molecule has 2 amide bonds. The van der Waals surface area contributed by atoms with E-state index in [0.29, 0.717) is 0 Å². The topological polar surface area (TPSA) is 381 Å². The van der Waals surface area contributed by atoms with E-state index < -0.39 is 84.6 Å². The summed E-state index contributed by atoms with van der Waals surface area (Å²) in [6.45, 7) is 3.73. The van der Waals surface area contributed by atoms with Crippen molar-refractivity contribution in [2.24, 2.45) is 5.41 Å². The van der Waals surface area contributed by atoms with Crippen molar-refractivity contribution in [3.05, 3.63) is 24.3 Å². The van der Waals surface area contributed by atoms with Crippen LogP contribution in [0.1, 0.15) is 46.8 Å². The number of ether oxygens (including phenoxy) is 1. The van der Waals surface area contributed by atoms with Gasteiger partial charge in [0, 0.05) is 30.7 Å². The number of imidazole rings is 1. The fourth-order valence-corrected chi connectivity index (χ4v) is 8.37. The fraction of sp³-hybridized carbons (Fsp3) is 0.607. The molecule has 2 unspecified atom stereocenters. The standard InChI is InChI=1S/C28H44N7O18P3S/c1-15(2)9-16(36)10-19(38)57-8-7-30-18(37)5-6-31-26(41)23(40)28(3,4)12-50-56(47,48)53-55(45,46)49-11-17-22(52-54(42,43)44)21(39)27(51-17)35-14-34-20-24(29)32-13-33-25(20)35/h9,13-14,17,21-23,27,39-40H,5-8,10-12H2,1-4H3,(H,30,37)(H,31,41)(H,45,46)(H,47,48)(H2,29,32,33)(H2,42,43,44)/t17-,21-,22-,23+,27-/m1/s1. The monoisotopic (exact) mass is 891 g/mol. The van der Waals surface area contributed by atoms with Crippen LogP contribution in [0.3, 0.4) is 0 Å². The zero-order valence-corrected chi connectivity index (χ0v) is 34.3. The number of phosphoric acid groups is 3. The minimum Gasteiger partial charge on any atom is -0.386 e. The van der Waals surface area contributed by atoms with Gasteiger partial charge in [0.15, 0.2) is 28.6 Å². The third kappa shape index (κ3) is 15.3. The molecule has 1 aliphatic heterocycles. The van der Waals surface area contributed by atoms with Crippen LogP contribution in [0.5, 0.6) is 0 Å². The molecular weight excluding hydrogens is 847 g/mol. The van der Waals surface area contributed by atoms with E-state index in [0.717, 1.165) is 34.6 Å². The highest BCUT2D eigenvalue weighted by Crippen LogP contribution is 2.61. The summed E-state index contributed by atoms with van der Waals surface area (Å²) < 4.78 is 62.0. The molecule has 1 saturated heterocycles. The number of rotatable bonds is 22. The number of fused-ring (bicyclic) bond motifs is 1. The summed E-state index contributed by atoms with van der Waals surface area (Å²) in [6.07, 6.45) is -5.95. The summed E-state index contributed by atoms with van der Waals surface area (Å²) >= 11 is 0.876. The number of anilines is 1. The first-order chi connectivity index (χ1) is 26.3. The average Bonchev–Trinajstić information content (AvgIpc) is 3.64. The molecule has 320 valence electrons. The number of carbonyl (C=O) groups excluding carboxylic acids is 4. The van der Waals surface area contributed by atoms with Crippen molar-refractivity contribution < 1.29 is 85.3 Å². The van der Waals surface area contributed by atoms with Crippen molar-refractivity contribution in [2.75, 3.05) is 37.8 Å². The highest BCUT2D eigenvalue weighted by atomic mass is 32.2. The first-order valence-corrected chi connectivity index (χ1v) is 22.0. The van der Waals surface area contributed by atoms with Crippen molar-refractivity contribution in [2.45, 2.75) is 71.2 Å². The molecule has 2 aromatic heterocycles. The van der Waals surface area contributed by atoms with Crippen molar-refractivity contribution in [1.29, 1.82) is 0 Å². The Bertz CT molecular complexity index is 1960. The summed E-state index contributed by atoms with van der Waals surface area (Å²) in [5.74, 6) is -1.68. The van der Waals surface area contributed by atoms with Gasteiger partial charge in [0.05, 0.1) is 26.0 Å². The maximum absolute atomic E-state index is 12.7. The average molecular weight is 892 g/mol. The minimum absolute atomic E-state index is 0.0232. The largest absolute Gasteiger partial charge is 0.481 e. The second-order valence-electron chi connectivity index (χ2n) is 13.2. The summed E-state index contributed by atoms with van der Waals surface area (Å²) in [4.78, 5) is 99.0. The minimum atomic E-state index is -5.58. The van der Waals surface area contributed by atoms with Gasteiger partial charge in [-0.3, -0.25) is 37.3 Å². The molecule has 0 bridgehead atoms. The first kappa shape index (κ1) is 48.3. The van der Waals surface area contributed by atoms with E-state index in [9.17, 15) is 62.7 Å². The van der Waals surface area contributed by atoms with E-state index in [1.807, 2.05) is 0 Å². The number of aliphatic hydroxyl groups is 2. The highest BCUT2D eigenvalue weighted by molar-refractivity contribution is 8.13. The van der Waals surface area contributed by atoms with Crippen LogP contribution < -0.4 is 16.4 Å². The zero-order valence-electron chi connectivity index (χ0n) is 30.8. The Labute approximate surface area is 328 Å². The second kappa shape index (κ2) is 20.3. The lowest BCUT2D eigenvalue weighted by atomic mass is 9.87. The number of aliphatic hydroxyl groups excluding tert-OH is 2. The molecule has 0 aromatic carbocycles. The first-order valence-electron chi connectivity index (χ1n) is 16.5. The summed E-state index contributed by atoms with van der Waals surface area (Å²) in [5, 5.41) is 25.9. The molecule has 25 nitrogen and oxygen atoms in total. The molecule has 57 heavy (non-hydrogen) atoms. The molecule has 0 spiro atoms. The van der Waals surface area contributed by atoms with Gasteiger partial charge in [-0.05, 0) is 19.9 Å². The van der Waals surface area contributed by atoms with Crippen molar-refractivity contribution in [1.82, 2.24) is 30.2 Å². The number of allylic oxidation sites excluding steroid dienone is 2.